The Morgan fingerprint density at radius 2 is 2.19 bits per heavy atom. The minimum Gasteiger partial charge on any atom is -0.493 e. The smallest absolute Gasteiger partial charge is 0.225 e. The van der Waals surface area contributed by atoms with E-state index >= 15 is 0 Å². The first kappa shape index (κ1) is 15.6. The van der Waals surface area contributed by atoms with Crippen molar-refractivity contribution >= 4 is 11.6 Å². The standard InChI is InChI=1S/C16H24N2O3/c1-18(12-13-5-8-20-9-6-13)16(19)7-10-21-15-4-2-3-14(17)11-15/h2-4,11,13H,5-10,12,17H2,1H3. The van der Waals surface area contributed by atoms with Gasteiger partial charge in [0.05, 0.1) is 13.0 Å². The first-order chi connectivity index (χ1) is 10.1. The van der Waals surface area contributed by atoms with Crippen LogP contribution in [-0.4, -0.2) is 44.2 Å². The van der Waals surface area contributed by atoms with Crippen molar-refractivity contribution in [3.05, 3.63) is 24.3 Å². The minimum atomic E-state index is 0.116. The summed E-state index contributed by atoms with van der Waals surface area (Å²) in [5.74, 6) is 1.38. The van der Waals surface area contributed by atoms with Gasteiger partial charge in [0.2, 0.25) is 5.91 Å². The van der Waals surface area contributed by atoms with E-state index in [1.807, 2.05) is 19.2 Å². The van der Waals surface area contributed by atoms with Crippen molar-refractivity contribution in [2.75, 3.05) is 39.1 Å². The molecule has 1 heterocycles. The van der Waals surface area contributed by atoms with Crippen LogP contribution >= 0.6 is 0 Å². The second kappa shape index (κ2) is 7.88. The molecule has 1 fully saturated rings. The summed E-state index contributed by atoms with van der Waals surface area (Å²) >= 11 is 0. The molecule has 21 heavy (non-hydrogen) atoms. The number of ether oxygens (including phenoxy) is 2. The molecular formula is C16H24N2O3. The van der Waals surface area contributed by atoms with E-state index in [2.05, 4.69) is 0 Å². The van der Waals surface area contributed by atoms with Gasteiger partial charge in [-0.2, -0.15) is 0 Å². The Morgan fingerprint density at radius 1 is 1.43 bits per heavy atom. The number of amides is 1. The van der Waals surface area contributed by atoms with Gasteiger partial charge in [0.1, 0.15) is 5.75 Å². The molecule has 0 aliphatic carbocycles. The van der Waals surface area contributed by atoms with Crippen molar-refractivity contribution in [3.8, 4) is 5.75 Å². The highest BCUT2D eigenvalue weighted by molar-refractivity contribution is 5.76. The third kappa shape index (κ3) is 5.27. The fourth-order valence-corrected chi connectivity index (χ4v) is 2.47. The lowest BCUT2D eigenvalue weighted by Crippen LogP contribution is -2.34. The highest BCUT2D eigenvalue weighted by Crippen LogP contribution is 2.17. The third-order valence-corrected chi connectivity index (χ3v) is 3.74. The van der Waals surface area contributed by atoms with Crippen molar-refractivity contribution in [1.82, 2.24) is 4.90 Å². The van der Waals surface area contributed by atoms with Crippen molar-refractivity contribution in [2.24, 2.45) is 5.92 Å². The number of rotatable bonds is 6. The van der Waals surface area contributed by atoms with E-state index in [0.717, 1.165) is 32.6 Å². The zero-order valence-corrected chi connectivity index (χ0v) is 12.6. The SMILES string of the molecule is CN(CC1CCOCC1)C(=O)CCOc1cccc(N)c1. The van der Waals surface area contributed by atoms with Gasteiger partial charge in [-0.05, 0) is 30.9 Å². The number of benzene rings is 1. The lowest BCUT2D eigenvalue weighted by Gasteiger charge is -2.27. The normalized spacial score (nSPS) is 15.7. The van der Waals surface area contributed by atoms with Crippen LogP contribution in [0.1, 0.15) is 19.3 Å². The van der Waals surface area contributed by atoms with Gasteiger partial charge in [-0.15, -0.1) is 0 Å². The second-order valence-corrected chi connectivity index (χ2v) is 5.50. The molecule has 0 bridgehead atoms. The first-order valence-electron chi connectivity index (χ1n) is 7.45. The van der Waals surface area contributed by atoms with E-state index in [9.17, 15) is 4.79 Å². The van der Waals surface area contributed by atoms with Crippen molar-refractivity contribution in [2.45, 2.75) is 19.3 Å². The van der Waals surface area contributed by atoms with Gasteiger partial charge in [0.25, 0.3) is 0 Å². The lowest BCUT2D eigenvalue weighted by molar-refractivity contribution is -0.131. The summed E-state index contributed by atoms with van der Waals surface area (Å²) in [6.07, 6.45) is 2.46. The van der Waals surface area contributed by atoms with E-state index in [1.54, 1.807) is 17.0 Å². The fourth-order valence-electron chi connectivity index (χ4n) is 2.47. The predicted octanol–water partition coefficient (Wildman–Crippen LogP) is 1.92. The van der Waals surface area contributed by atoms with Gasteiger partial charge in [-0.1, -0.05) is 6.07 Å². The highest BCUT2D eigenvalue weighted by atomic mass is 16.5. The highest BCUT2D eigenvalue weighted by Gasteiger charge is 2.18. The number of anilines is 1. The van der Waals surface area contributed by atoms with Gasteiger partial charge in [0.15, 0.2) is 0 Å². The molecule has 1 aromatic carbocycles. The molecule has 0 atom stereocenters. The molecule has 0 unspecified atom stereocenters. The molecule has 0 spiro atoms. The maximum Gasteiger partial charge on any atom is 0.225 e. The maximum atomic E-state index is 12.1. The summed E-state index contributed by atoms with van der Waals surface area (Å²) in [5.41, 5.74) is 6.34. The Kier molecular flexibility index (Phi) is 5.87. The van der Waals surface area contributed by atoms with Gasteiger partial charge in [-0.3, -0.25) is 4.79 Å². The molecule has 1 aliphatic rings. The van der Waals surface area contributed by atoms with Gasteiger partial charge >= 0.3 is 0 Å². The van der Waals surface area contributed by atoms with E-state index < -0.39 is 0 Å². The van der Waals surface area contributed by atoms with Crippen LogP contribution in [0.2, 0.25) is 0 Å². The Hall–Kier alpha value is -1.75. The molecule has 0 radical (unpaired) electrons. The molecule has 1 aliphatic heterocycles. The number of nitrogen functional groups attached to an aromatic ring is 1. The van der Waals surface area contributed by atoms with Crippen molar-refractivity contribution in [1.29, 1.82) is 0 Å². The Bertz CT molecular complexity index is 459. The molecule has 1 saturated heterocycles. The van der Waals surface area contributed by atoms with Gasteiger partial charge in [-0.25, -0.2) is 0 Å². The van der Waals surface area contributed by atoms with Crippen LogP contribution in [-0.2, 0) is 9.53 Å². The Morgan fingerprint density at radius 3 is 2.90 bits per heavy atom. The van der Waals surface area contributed by atoms with E-state index in [0.29, 0.717) is 30.4 Å². The zero-order valence-electron chi connectivity index (χ0n) is 12.6. The summed E-state index contributed by atoms with van der Waals surface area (Å²) in [7, 11) is 1.86. The summed E-state index contributed by atoms with van der Waals surface area (Å²) in [6.45, 7) is 2.80. The largest absolute Gasteiger partial charge is 0.493 e. The lowest BCUT2D eigenvalue weighted by atomic mass is 10.00. The topological polar surface area (TPSA) is 64.8 Å². The van der Waals surface area contributed by atoms with Crippen LogP contribution in [0.4, 0.5) is 5.69 Å². The average molecular weight is 292 g/mol. The fraction of sp³-hybridized carbons (Fsp3) is 0.562. The van der Waals surface area contributed by atoms with E-state index in [4.69, 9.17) is 15.2 Å². The number of nitrogens with two attached hydrogens (primary N) is 1. The monoisotopic (exact) mass is 292 g/mol. The number of nitrogens with zero attached hydrogens (tertiary/aromatic N) is 1. The predicted molar refractivity (Wildman–Crippen MR) is 82.1 cm³/mol. The third-order valence-electron chi connectivity index (χ3n) is 3.74. The van der Waals surface area contributed by atoms with Crippen LogP contribution in [0.3, 0.4) is 0 Å². The van der Waals surface area contributed by atoms with Crippen LogP contribution in [0.5, 0.6) is 5.75 Å². The van der Waals surface area contributed by atoms with Gasteiger partial charge < -0.3 is 20.1 Å². The molecule has 0 saturated carbocycles. The van der Waals surface area contributed by atoms with Crippen LogP contribution in [0.25, 0.3) is 0 Å². The molecule has 5 heteroatoms. The molecule has 2 N–H and O–H groups in total. The summed E-state index contributed by atoms with van der Waals surface area (Å²) in [5, 5.41) is 0. The van der Waals surface area contributed by atoms with Crippen molar-refractivity contribution < 1.29 is 14.3 Å². The number of hydrogen-bond donors (Lipinski definition) is 1. The zero-order chi connectivity index (χ0) is 15.1. The second-order valence-electron chi connectivity index (χ2n) is 5.50. The van der Waals surface area contributed by atoms with Crippen molar-refractivity contribution in [3.63, 3.8) is 0 Å². The summed E-state index contributed by atoms with van der Waals surface area (Å²) in [6, 6.07) is 7.24. The van der Waals surface area contributed by atoms with E-state index in [1.165, 1.54) is 0 Å². The van der Waals surface area contributed by atoms with Crippen LogP contribution in [0.15, 0.2) is 24.3 Å². The number of hydrogen-bond acceptors (Lipinski definition) is 4. The Balaban J connectivity index is 1.68. The van der Waals surface area contributed by atoms with Crippen LogP contribution in [0, 0.1) is 5.92 Å². The summed E-state index contributed by atoms with van der Waals surface area (Å²) < 4.78 is 10.9. The molecule has 1 aromatic rings. The summed E-state index contributed by atoms with van der Waals surface area (Å²) in [4.78, 5) is 13.9. The number of carbonyl (C=O) groups is 1. The average Bonchev–Trinajstić information content (AvgIpc) is 2.48. The quantitative estimate of drug-likeness (QED) is 0.814. The van der Waals surface area contributed by atoms with Gasteiger partial charge in [0, 0.05) is 38.6 Å². The van der Waals surface area contributed by atoms with E-state index in [-0.39, 0.29) is 5.91 Å². The Labute approximate surface area is 126 Å². The number of carbonyl (C=O) groups excluding carboxylic acids is 1. The molecule has 116 valence electrons. The minimum absolute atomic E-state index is 0.116. The first-order valence-corrected chi connectivity index (χ1v) is 7.45. The molecule has 0 aromatic heterocycles. The molecule has 2 rings (SSSR count). The molecule has 5 nitrogen and oxygen atoms in total. The molecule has 1 amide bonds. The molecular weight excluding hydrogens is 268 g/mol. The maximum absolute atomic E-state index is 12.1. The van der Waals surface area contributed by atoms with Crippen LogP contribution < -0.4 is 10.5 Å².